The molecule has 2 rings (SSSR count). The van der Waals surface area contributed by atoms with Gasteiger partial charge in [-0.2, -0.15) is 0 Å². The van der Waals surface area contributed by atoms with Crippen molar-refractivity contribution >= 4 is 44.8 Å². The van der Waals surface area contributed by atoms with Gasteiger partial charge in [0.15, 0.2) is 0 Å². The lowest BCUT2D eigenvalue weighted by Crippen LogP contribution is -1.62. The number of thiophene rings is 1. The molecule has 2 aromatic rings. The van der Waals surface area contributed by atoms with Crippen molar-refractivity contribution in [3.05, 3.63) is 29.3 Å². The van der Waals surface area contributed by atoms with Crippen LogP contribution < -0.4 is 0 Å². The maximum Gasteiger partial charge on any atom is 0.0609 e. The molecule has 0 fully saturated rings. The Morgan fingerprint density at radius 3 is 2.92 bits per heavy atom. The van der Waals surface area contributed by atoms with E-state index in [0.717, 1.165) is 5.02 Å². The first-order chi connectivity index (χ1) is 5.81. The second-order valence-corrected chi connectivity index (χ2v) is 5.02. The SMILES string of the molecule is CSc1cc2c(Cl)cccc2s1. The second-order valence-electron chi connectivity index (χ2n) is 2.42. The van der Waals surface area contributed by atoms with Crippen molar-refractivity contribution in [2.75, 3.05) is 6.26 Å². The quantitative estimate of drug-likeness (QED) is 0.639. The van der Waals surface area contributed by atoms with Gasteiger partial charge in [-0.05, 0) is 24.5 Å². The van der Waals surface area contributed by atoms with E-state index in [0.29, 0.717) is 0 Å². The highest BCUT2D eigenvalue weighted by molar-refractivity contribution is 8.00. The first kappa shape index (κ1) is 8.42. The van der Waals surface area contributed by atoms with Crippen LogP contribution in [0.1, 0.15) is 0 Å². The molecule has 0 saturated carbocycles. The van der Waals surface area contributed by atoms with Crippen LogP contribution in [-0.2, 0) is 0 Å². The lowest BCUT2D eigenvalue weighted by atomic mass is 10.3. The van der Waals surface area contributed by atoms with Gasteiger partial charge in [0, 0.05) is 15.1 Å². The molecule has 1 aromatic heterocycles. The van der Waals surface area contributed by atoms with E-state index in [4.69, 9.17) is 11.6 Å². The van der Waals surface area contributed by atoms with Crippen LogP contribution in [0, 0.1) is 0 Å². The first-order valence-electron chi connectivity index (χ1n) is 3.53. The second kappa shape index (κ2) is 3.29. The topological polar surface area (TPSA) is 0 Å². The minimum atomic E-state index is 0.851. The average molecular weight is 215 g/mol. The van der Waals surface area contributed by atoms with E-state index >= 15 is 0 Å². The van der Waals surface area contributed by atoms with Crippen LogP contribution in [0.25, 0.3) is 10.1 Å². The molecule has 3 heteroatoms. The molecular formula is C9H7ClS2. The lowest BCUT2D eigenvalue weighted by molar-refractivity contribution is 1.76. The highest BCUT2D eigenvalue weighted by atomic mass is 35.5. The molecule has 0 N–H and O–H groups in total. The minimum absolute atomic E-state index is 0.851. The highest BCUT2D eigenvalue weighted by Gasteiger charge is 2.02. The standard InChI is InChI=1S/C9H7ClS2/c1-11-9-5-6-7(10)3-2-4-8(6)12-9/h2-5H,1H3. The van der Waals surface area contributed by atoms with Crippen molar-refractivity contribution in [3.63, 3.8) is 0 Å². The maximum absolute atomic E-state index is 6.02. The summed E-state index contributed by atoms with van der Waals surface area (Å²) in [5, 5.41) is 2.03. The van der Waals surface area contributed by atoms with Crippen molar-refractivity contribution in [1.82, 2.24) is 0 Å². The zero-order valence-electron chi connectivity index (χ0n) is 6.50. The molecular weight excluding hydrogens is 208 g/mol. The zero-order chi connectivity index (χ0) is 8.55. The molecule has 1 heterocycles. The van der Waals surface area contributed by atoms with Gasteiger partial charge in [-0.3, -0.25) is 0 Å². The van der Waals surface area contributed by atoms with E-state index in [1.807, 2.05) is 12.1 Å². The molecule has 0 spiro atoms. The van der Waals surface area contributed by atoms with E-state index in [9.17, 15) is 0 Å². The van der Waals surface area contributed by atoms with Crippen LogP contribution in [-0.4, -0.2) is 6.26 Å². The number of hydrogen-bond acceptors (Lipinski definition) is 2. The van der Waals surface area contributed by atoms with Crippen LogP contribution >= 0.6 is 34.7 Å². The summed E-state index contributed by atoms with van der Waals surface area (Å²) in [7, 11) is 0. The van der Waals surface area contributed by atoms with Crippen molar-refractivity contribution in [2.24, 2.45) is 0 Å². The molecule has 0 aliphatic rings. The van der Waals surface area contributed by atoms with Gasteiger partial charge in [0.2, 0.25) is 0 Å². The summed E-state index contributed by atoms with van der Waals surface area (Å²) < 4.78 is 2.59. The Morgan fingerprint density at radius 2 is 2.25 bits per heavy atom. The van der Waals surface area contributed by atoms with Crippen LogP contribution in [0.3, 0.4) is 0 Å². The number of benzene rings is 1. The van der Waals surface area contributed by atoms with Gasteiger partial charge >= 0.3 is 0 Å². The number of rotatable bonds is 1. The summed E-state index contributed by atoms with van der Waals surface area (Å²) in [5.41, 5.74) is 0. The van der Waals surface area contributed by atoms with E-state index in [2.05, 4.69) is 18.4 Å². The summed E-state index contributed by atoms with van der Waals surface area (Å²) >= 11 is 9.58. The Hall–Kier alpha value is -0.180. The van der Waals surface area contributed by atoms with Crippen molar-refractivity contribution in [1.29, 1.82) is 0 Å². The third-order valence-corrected chi connectivity index (χ3v) is 4.18. The monoisotopic (exact) mass is 214 g/mol. The molecule has 0 bridgehead atoms. The zero-order valence-corrected chi connectivity index (χ0v) is 8.89. The Kier molecular flexibility index (Phi) is 2.31. The molecule has 1 aromatic carbocycles. The Morgan fingerprint density at radius 1 is 1.42 bits per heavy atom. The average Bonchev–Trinajstić information content (AvgIpc) is 2.49. The van der Waals surface area contributed by atoms with E-state index in [1.54, 1.807) is 23.1 Å². The molecule has 0 aliphatic heterocycles. The molecule has 0 unspecified atom stereocenters. The molecule has 0 nitrogen and oxygen atoms in total. The van der Waals surface area contributed by atoms with Gasteiger partial charge in [0.05, 0.1) is 4.21 Å². The summed E-state index contributed by atoms with van der Waals surface area (Å²) in [5.74, 6) is 0. The molecule has 0 atom stereocenters. The molecule has 0 radical (unpaired) electrons. The summed E-state index contributed by atoms with van der Waals surface area (Å²) in [6.45, 7) is 0. The Bertz CT molecular complexity index is 406. The number of fused-ring (bicyclic) bond motifs is 1. The predicted molar refractivity (Wildman–Crippen MR) is 58.6 cm³/mol. The fourth-order valence-corrected chi connectivity index (χ4v) is 3.05. The van der Waals surface area contributed by atoms with Crippen molar-refractivity contribution < 1.29 is 0 Å². The molecule has 12 heavy (non-hydrogen) atoms. The van der Waals surface area contributed by atoms with Gasteiger partial charge < -0.3 is 0 Å². The molecule has 62 valence electrons. The summed E-state index contributed by atoms with van der Waals surface area (Å²) in [6, 6.07) is 8.17. The van der Waals surface area contributed by atoms with Crippen LogP contribution in [0.5, 0.6) is 0 Å². The van der Waals surface area contributed by atoms with Gasteiger partial charge in [0.1, 0.15) is 0 Å². The highest BCUT2D eigenvalue weighted by Crippen LogP contribution is 2.35. The van der Waals surface area contributed by atoms with Gasteiger partial charge in [-0.1, -0.05) is 17.7 Å². The van der Waals surface area contributed by atoms with Gasteiger partial charge in [-0.25, -0.2) is 0 Å². The third-order valence-electron chi connectivity index (χ3n) is 1.69. The minimum Gasteiger partial charge on any atom is -0.129 e. The fraction of sp³-hybridized carbons (Fsp3) is 0.111. The smallest absolute Gasteiger partial charge is 0.0609 e. The number of halogens is 1. The Balaban J connectivity index is 2.74. The third kappa shape index (κ3) is 1.35. The first-order valence-corrected chi connectivity index (χ1v) is 5.95. The van der Waals surface area contributed by atoms with Crippen LogP contribution in [0.2, 0.25) is 5.02 Å². The summed E-state index contributed by atoms with van der Waals surface area (Å²) in [4.78, 5) is 0. The normalized spacial score (nSPS) is 10.8. The lowest BCUT2D eigenvalue weighted by Gasteiger charge is -1.89. The predicted octanol–water partition coefficient (Wildman–Crippen LogP) is 4.28. The number of thioether (sulfide) groups is 1. The van der Waals surface area contributed by atoms with E-state index in [1.165, 1.54) is 14.3 Å². The molecule has 0 amide bonds. The number of hydrogen-bond donors (Lipinski definition) is 0. The maximum atomic E-state index is 6.02. The summed E-state index contributed by atoms with van der Waals surface area (Å²) in [6.07, 6.45) is 2.08. The van der Waals surface area contributed by atoms with Crippen molar-refractivity contribution in [3.8, 4) is 0 Å². The van der Waals surface area contributed by atoms with Crippen molar-refractivity contribution in [2.45, 2.75) is 4.21 Å². The largest absolute Gasteiger partial charge is 0.129 e. The Labute approximate surface area is 84.5 Å². The fourth-order valence-electron chi connectivity index (χ4n) is 1.10. The van der Waals surface area contributed by atoms with Crippen LogP contribution in [0.4, 0.5) is 0 Å². The molecule has 0 saturated heterocycles. The van der Waals surface area contributed by atoms with Crippen LogP contribution in [0.15, 0.2) is 28.5 Å². The molecule has 0 aliphatic carbocycles. The van der Waals surface area contributed by atoms with Gasteiger partial charge in [0.25, 0.3) is 0 Å². The van der Waals surface area contributed by atoms with E-state index < -0.39 is 0 Å². The van der Waals surface area contributed by atoms with E-state index in [-0.39, 0.29) is 0 Å². The van der Waals surface area contributed by atoms with Gasteiger partial charge in [-0.15, -0.1) is 23.1 Å².